The molecule has 0 radical (unpaired) electrons. The first-order valence-corrected chi connectivity index (χ1v) is 6.69. The van der Waals surface area contributed by atoms with Gasteiger partial charge in [-0.3, -0.25) is 0 Å². The molecule has 0 aromatic heterocycles. The van der Waals surface area contributed by atoms with Crippen LogP contribution in [0, 0.1) is 5.92 Å². The van der Waals surface area contributed by atoms with Crippen LogP contribution in [0.25, 0.3) is 0 Å². The van der Waals surface area contributed by atoms with E-state index in [1.54, 1.807) is 0 Å². The quantitative estimate of drug-likeness (QED) is 0.867. The lowest BCUT2D eigenvalue weighted by atomic mass is 9.86. The molecule has 0 aliphatic carbocycles. The molecular weight excluding hydrogens is 210 g/mol. The summed E-state index contributed by atoms with van der Waals surface area (Å²) in [7, 11) is 0. The van der Waals surface area contributed by atoms with Crippen LogP contribution in [-0.4, -0.2) is 12.6 Å². The van der Waals surface area contributed by atoms with Gasteiger partial charge in [0.05, 0.1) is 12.7 Å². The predicted molar refractivity (Wildman–Crippen MR) is 70.9 cm³/mol. The van der Waals surface area contributed by atoms with E-state index in [0.717, 1.165) is 13.0 Å². The van der Waals surface area contributed by atoms with Crippen molar-refractivity contribution in [3.63, 3.8) is 0 Å². The molecule has 3 atom stereocenters. The topological polar surface area (TPSA) is 35.2 Å². The Morgan fingerprint density at radius 2 is 2.18 bits per heavy atom. The maximum atomic E-state index is 6.37. The first-order chi connectivity index (χ1) is 8.24. The Labute approximate surface area is 104 Å². The molecule has 0 amide bonds. The second kappa shape index (κ2) is 5.65. The molecule has 2 nitrogen and oxygen atoms in total. The molecule has 1 heterocycles. The molecule has 0 bridgehead atoms. The summed E-state index contributed by atoms with van der Waals surface area (Å²) in [6.45, 7) is 5.24. The Balaban J connectivity index is 2.17. The van der Waals surface area contributed by atoms with Gasteiger partial charge in [0.2, 0.25) is 0 Å². The second-order valence-corrected chi connectivity index (χ2v) is 5.08. The van der Waals surface area contributed by atoms with Crippen LogP contribution in [0.4, 0.5) is 0 Å². The molecule has 2 N–H and O–H groups in total. The SMILES string of the molecule is CCCC(C)C(N)C1OCCc2ccccc21. The highest BCUT2D eigenvalue weighted by Crippen LogP contribution is 2.32. The van der Waals surface area contributed by atoms with Crippen molar-refractivity contribution in [3.8, 4) is 0 Å². The molecule has 2 rings (SSSR count). The molecule has 1 aliphatic rings. The highest BCUT2D eigenvalue weighted by molar-refractivity contribution is 5.31. The average molecular weight is 233 g/mol. The van der Waals surface area contributed by atoms with Crippen molar-refractivity contribution in [2.45, 2.75) is 45.3 Å². The average Bonchev–Trinajstić information content (AvgIpc) is 2.37. The van der Waals surface area contributed by atoms with E-state index in [1.807, 2.05) is 0 Å². The van der Waals surface area contributed by atoms with Gasteiger partial charge in [0.15, 0.2) is 0 Å². The van der Waals surface area contributed by atoms with Crippen LogP contribution in [0.2, 0.25) is 0 Å². The molecule has 0 spiro atoms. The van der Waals surface area contributed by atoms with E-state index in [1.165, 1.54) is 24.0 Å². The second-order valence-electron chi connectivity index (χ2n) is 5.08. The van der Waals surface area contributed by atoms with Crippen molar-refractivity contribution in [1.82, 2.24) is 0 Å². The van der Waals surface area contributed by atoms with Gasteiger partial charge in [0.1, 0.15) is 0 Å². The van der Waals surface area contributed by atoms with Crippen molar-refractivity contribution in [2.24, 2.45) is 11.7 Å². The summed E-state index contributed by atoms with van der Waals surface area (Å²) in [5.41, 5.74) is 9.07. The van der Waals surface area contributed by atoms with Crippen molar-refractivity contribution >= 4 is 0 Å². The van der Waals surface area contributed by atoms with Crippen molar-refractivity contribution in [1.29, 1.82) is 0 Å². The maximum Gasteiger partial charge on any atom is 0.0981 e. The van der Waals surface area contributed by atoms with E-state index in [0.29, 0.717) is 5.92 Å². The minimum atomic E-state index is 0.0847. The monoisotopic (exact) mass is 233 g/mol. The number of hydrogen-bond acceptors (Lipinski definition) is 2. The summed E-state index contributed by atoms with van der Waals surface area (Å²) in [6.07, 6.45) is 3.45. The van der Waals surface area contributed by atoms with Gasteiger partial charge in [-0.25, -0.2) is 0 Å². The van der Waals surface area contributed by atoms with Gasteiger partial charge in [-0.05, 0) is 29.9 Å². The first kappa shape index (κ1) is 12.6. The first-order valence-electron chi connectivity index (χ1n) is 6.69. The van der Waals surface area contributed by atoms with E-state index >= 15 is 0 Å². The van der Waals surface area contributed by atoms with Crippen LogP contribution in [0.5, 0.6) is 0 Å². The van der Waals surface area contributed by atoms with Gasteiger partial charge < -0.3 is 10.5 Å². The van der Waals surface area contributed by atoms with E-state index in [9.17, 15) is 0 Å². The van der Waals surface area contributed by atoms with Crippen LogP contribution < -0.4 is 5.73 Å². The molecule has 94 valence electrons. The largest absolute Gasteiger partial charge is 0.372 e. The molecule has 3 unspecified atom stereocenters. The van der Waals surface area contributed by atoms with E-state index in [2.05, 4.69) is 38.1 Å². The van der Waals surface area contributed by atoms with Gasteiger partial charge in [0, 0.05) is 6.04 Å². The molecule has 0 saturated heterocycles. The van der Waals surface area contributed by atoms with Gasteiger partial charge in [-0.2, -0.15) is 0 Å². The summed E-state index contributed by atoms with van der Waals surface area (Å²) in [5, 5.41) is 0. The number of benzene rings is 1. The van der Waals surface area contributed by atoms with E-state index < -0.39 is 0 Å². The molecule has 1 aliphatic heterocycles. The molecule has 1 aromatic rings. The highest BCUT2D eigenvalue weighted by Gasteiger charge is 2.29. The maximum absolute atomic E-state index is 6.37. The fourth-order valence-corrected chi connectivity index (χ4v) is 2.69. The standard InChI is InChI=1S/C15H23NO/c1-3-6-11(2)14(16)15-13-8-5-4-7-12(13)9-10-17-15/h4-5,7-8,11,14-15H,3,6,9-10,16H2,1-2H3. The van der Waals surface area contributed by atoms with Crippen LogP contribution in [0.1, 0.15) is 43.9 Å². The summed E-state index contributed by atoms with van der Waals surface area (Å²) < 4.78 is 5.91. The Morgan fingerprint density at radius 1 is 1.41 bits per heavy atom. The van der Waals surface area contributed by atoms with Gasteiger partial charge in [-0.15, -0.1) is 0 Å². The Bertz CT molecular complexity index is 364. The molecular formula is C15H23NO. The zero-order valence-electron chi connectivity index (χ0n) is 10.9. The smallest absolute Gasteiger partial charge is 0.0981 e. The van der Waals surface area contributed by atoms with Gasteiger partial charge in [-0.1, -0.05) is 44.5 Å². The number of ether oxygens (including phenoxy) is 1. The third kappa shape index (κ3) is 2.70. The molecule has 17 heavy (non-hydrogen) atoms. The van der Waals surface area contributed by atoms with E-state index in [-0.39, 0.29) is 12.1 Å². The van der Waals surface area contributed by atoms with Crippen LogP contribution in [-0.2, 0) is 11.2 Å². The number of fused-ring (bicyclic) bond motifs is 1. The minimum absolute atomic E-state index is 0.0847. The highest BCUT2D eigenvalue weighted by atomic mass is 16.5. The van der Waals surface area contributed by atoms with Crippen molar-refractivity contribution in [2.75, 3.05) is 6.61 Å². The predicted octanol–water partition coefficient (Wildman–Crippen LogP) is 3.06. The lowest BCUT2D eigenvalue weighted by Gasteiger charge is -2.33. The van der Waals surface area contributed by atoms with Crippen LogP contribution in [0.3, 0.4) is 0 Å². The van der Waals surface area contributed by atoms with Crippen molar-refractivity contribution < 1.29 is 4.74 Å². The third-order valence-electron chi connectivity index (χ3n) is 3.78. The lowest BCUT2D eigenvalue weighted by molar-refractivity contribution is 0.0115. The zero-order chi connectivity index (χ0) is 12.3. The number of rotatable bonds is 4. The van der Waals surface area contributed by atoms with Gasteiger partial charge >= 0.3 is 0 Å². The normalized spacial score (nSPS) is 22.9. The zero-order valence-corrected chi connectivity index (χ0v) is 10.9. The van der Waals surface area contributed by atoms with Crippen LogP contribution in [0.15, 0.2) is 24.3 Å². The molecule has 0 saturated carbocycles. The molecule has 1 aromatic carbocycles. The number of nitrogens with two attached hydrogens (primary N) is 1. The summed E-state index contributed by atoms with van der Waals surface area (Å²) in [6, 6.07) is 8.65. The fraction of sp³-hybridized carbons (Fsp3) is 0.600. The lowest BCUT2D eigenvalue weighted by Crippen LogP contribution is -2.38. The van der Waals surface area contributed by atoms with E-state index in [4.69, 9.17) is 10.5 Å². The summed E-state index contributed by atoms with van der Waals surface area (Å²) in [4.78, 5) is 0. The third-order valence-corrected chi connectivity index (χ3v) is 3.78. The molecule has 0 fully saturated rings. The molecule has 2 heteroatoms. The fourth-order valence-electron chi connectivity index (χ4n) is 2.69. The summed E-state index contributed by atoms with van der Waals surface area (Å²) >= 11 is 0. The number of hydrogen-bond donors (Lipinski definition) is 1. The Hall–Kier alpha value is -0.860. The minimum Gasteiger partial charge on any atom is -0.372 e. The summed E-state index contributed by atoms with van der Waals surface area (Å²) in [5.74, 6) is 0.510. The Morgan fingerprint density at radius 3 is 2.94 bits per heavy atom. The van der Waals surface area contributed by atoms with Gasteiger partial charge in [0.25, 0.3) is 0 Å². The Kier molecular flexibility index (Phi) is 4.19. The van der Waals surface area contributed by atoms with Crippen molar-refractivity contribution in [3.05, 3.63) is 35.4 Å². The van der Waals surface area contributed by atoms with Crippen LogP contribution >= 0.6 is 0 Å².